The number of carboxylic acid groups (broad SMARTS) is 1. The van der Waals surface area contributed by atoms with Crippen molar-refractivity contribution >= 4 is 27.7 Å². The van der Waals surface area contributed by atoms with E-state index in [0.717, 1.165) is 7.11 Å². The molecule has 0 aliphatic heterocycles. The molecule has 8 nitrogen and oxygen atoms in total. The maximum Gasteiger partial charge on any atom is 0.338 e. The minimum absolute atomic E-state index is 0.0113. The zero-order valence-corrected chi connectivity index (χ0v) is 14.1. The Morgan fingerprint density at radius 2 is 1.79 bits per heavy atom. The van der Waals surface area contributed by atoms with Gasteiger partial charge in [-0.1, -0.05) is 19.1 Å². The molecule has 2 N–H and O–H groups in total. The molecule has 0 fully saturated rings. The van der Waals surface area contributed by atoms with Crippen molar-refractivity contribution in [1.29, 1.82) is 0 Å². The Kier molecular flexibility index (Phi) is 6.90. The maximum absolute atomic E-state index is 12.3. The molecule has 1 aromatic carbocycles. The third kappa shape index (κ3) is 5.34. The standard InChI is InChI=1S/C15H19NO7S/c1-3-24(21,22)9-8-12(14(18)19)16-13(17)10-6-4-5-7-11(10)15(20)23-2/h4-7,12H,3,8-9H2,1-2H3,(H,16,17)(H,18,19). The van der Waals surface area contributed by atoms with Gasteiger partial charge in [-0.15, -0.1) is 0 Å². The van der Waals surface area contributed by atoms with Crippen LogP contribution in [-0.2, 0) is 19.4 Å². The van der Waals surface area contributed by atoms with Gasteiger partial charge in [0, 0.05) is 5.75 Å². The van der Waals surface area contributed by atoms with Gasteiger partial charge in [0.25, 0.3) is 5.91 Å². The highest BCUT2D eigenvalue weighted by Crippen LogP contribution is 2.11. The van der Waals surface area contributed by atoms with Gasteiger partial charge >= 0.3 is 11.9 Å². The van der Waals surface area contributed by atoms with Crippen LogP contribution in [0.3, 0.4) is 0 Å². The van der Waals surface area contributed by atoms with Crippen molar-refractivity contribution in [2.45, 2.75) is 19.4 Å². The van der Waals surface area contributed by atoms with Crippen molar-refractivity contribution in [3.8, 4) is 0 Å². The fraction of sp³-hybridized carbons (Fsp3) is 0.400. The normalized spacial score (nSPS) is 12.2. The number of ether oxygens (including phenoxy) is 1. The molecule has 0 saturated heterocycles. The Morgan fingerprint density at radius 1 is 1.21 bits per heavy atom. The quantitative estimate of drug-likeness (QED) is 0.648. The fourth-order valence-electron chi connectivity index (χ4n) is 1.90. The van der Waals surface area contributed by atoms with Crippen LogP contribution < -0.4 is 5.32 Å². The van der Waals surface area contributed by atoms with E-state index in [1.54, 1.807) is 0 Å². The highest BCUT2D eigenvalue weighted by atomic mass is 32.2. The third-order valence-electron chi connectivity index (χ3n) is 3.34. The van der Waals surface area contributed by atoms with Crippen molar-refractivity contribution in [1.82, 2.24) is 5.32 Å². The first-order valence-corrected chi connectivity index (χ1v) is 8.95. The molecule has 1 rings (SSSR count). The monoisotopic (exact) mass is 357 g/mol. The first kappa shape index (κ1) is 19.6. The Bertz CT molecular complexity index is 727. The maximum atomic E-state index is 12.3. The Labute approximate surface area is 139 Å². The number of sulfone groups is 1. The van der Waals surface area contributed by atoms with Crippen molar-refractivity contribution in [2.75, 3.05) is 18.6 Å². The van der Waals surface area contributed by atoms with Gasteiger partial charge in [0.2, 0.25) is 0 Å². The number of carboxylic acids is 1. The third-order valence-corrected chi connectivity index (χ3v) is 5.08. The highest BCUT2D eigenvalue weighted by molar-refractivity contribution is 7.91. The molecule has 0 radical (unpaired) electrons. The van der Waals surface area contributed by atoms with Crippen molar-refractivity contribution in [2.24, 2.45) is 0 Å². The van der Waals surface area contributed by atoms with Crippen LogP contribution in [0.25, 0.3) is 0 Å². The average Bonchev–Trinajstić information content (AvgIpc) is 2.57. The summed E-state index contributed by atoms with van der Waals surface area (Å²) in [7, 11) is -2.20. The highest BCUT2D eigenvalue weighted by Gasteiger charge is 2.25. The molecule has 0 bridgehead atoms. The number of nitrogens with one attached hydrogen (secondary N) is 1. The number of methoxy groups -OCH3 is 1. The molecule has 0 heterocycles. The van der Waals surface area contributed by atoms with E-state index in [1.807, 2.05) is 0 Å². The van der Waals surface area contributed by atoms with Crippen molar-refractivity contribution in [3.05, 3.63) is 35.4 Å². The van der Waals surface area contributed by atoms with Gasteiger partial charge < -0.3 is 15.2 Å². The van der Waals surface area contributed by atoms with Crippen LogP contribution in [0, 0.1) is 0 Å². The van der Waals surface area contributed by atoms with Crippen LogP contribution >= 0.6 is 0 Å². The second kappa shape index (κ2) is 8.44. The number of hydrogen-bond acceptors (Lipinski definition) is 6. The van der Waals surface area contributed by atoms with Gasteiger partial charge in [0.1, 0.15) is 15.9 Å². The van der Waals surface area contributed by atoms with Crippen LogP contribution in [0.4, 0.5) is 0 Å². The number of carbonyl (C=O) groups excluding carboxylic acids is 2. The van der Waals surface area contributed by atoms with E-state index < -0.39 is 33.7 Å². The van der Waals surface area contributed by atoms with E-state index in [2.05, 4.69) is 10.1 Å². The molecule has 0 saturated carbocycles. The van der Waals surface area contributed by atoms with Gasteiger partial charge in [0.05, 0.1) is 24.0 Å². The summed E-state index contributed by atoms with van der Waals surface area (Å²) >= 11 is 0. The number of hydrogen-bond donors (Lipinski definition) is 2. The number of carbonyl (C=O) groups is 3. The minimum Gasteiger partial charge on any atom is -0.480 e. The second-order valence-corrected chi connectivity index (χ2v) is 7.40. The van der Waals surface area contributed by atoms with Gasteiger partial charge in [-0.25, -0.2) is 18.0 Å². The summed E-state index contributed by atoms with van der Waals surface area (Å²) in [6.07, 6.45) is -0.266. The molecule has 1 atom stereocenters. The van der Waals surface area contributed by atoms with Crippen molar-refractivity contribution in [3.63, 3.8) is 0 Å². The number of esters is 1. The van der Waals surface area contributed by atoms with E-state index in [-0.39, 0.29) is 29.1 Å². The topological polar surface area (TPSA) is 127 Å². The SMILES string of the molecule is CCS(=O)(=O)CCC(NC(=O)c1ccccc1C(=O)OC)C(=O)O. The summed E-state index contributed by atoms with van der Waals surface area (Å²) in [5.74, 6) is -3.36. The molecule has 24 heavy (non-hydrogen) atoms. The molecule has 0 spiro atoms. The summed E-state index contributed by atoms with van der Waals surface area (Å²) in [6.45, 7) is 1.45. The first-order chi connectivity index (χ1) is 11.2. The van der Waals surface area contributed by atoms with E-state index >= 15 is 0 Å². The Morgan fingerprint density at radius 3 is 2.29 bits per heavy atom. The summed E-state index contributed by atoms with van der Waals surface area (Å²) in [5.41, 5.74) is -0.0585. The fourth-order valence-corrected chi connectivity index (χ4v) is 2.79. The van der Waals surface area contributed by atoms with E-state index in [9.17, 15) is 22.8 Å². The zero-order valence-electron chi connectivity index (χ0n) is 13.3. The van der Waals surface area contributed by atoms with Crippen LogP contribution in [-0.4, -0.2) is 56.0 Å². The van der Waals surface area contributed by atoms with Crippen LogP contribution in [0.1, 0.15) is 34.1 Å². The predicted octanol–water partition coefficient (Wildman–Crippen LogP) is 0.481. The number of amides is 1. The van der Waals surface area contributed by atoms with E-state index in [4.69, 9.17) is 5.11 Å². The number of rotatable bonds is 8. The van der Waals surface area contributed by atoms with Crippen molar-refractivity contribution < 1.29 is 32.6 Å². The molecule has 1 aromatic rings. The lowest BCUT2D eigenvalue weighted by Crippen LogP contribution is -2.42. The molecule has 1 unspecified atom stereocenters. The van der Waals surface area contributed by atoms with Crippen LogP contribution in [0.15, 0.2) is 24.3 Å². The summed E-state index contributed by atoms with van der Waals surface area (Å²) in [4.78, 5) is 35.2. The molecular formula is C15H19NO7S. The van der Waals surface area contributed by atoms with E-state index in [0.29, 0.717) is 0 Å². The lowest BCUT2D eigenvalue weighted by molar-refractivity contribution is -0.139. The van der Waals surface area contributed by atoms with Gasteiger partial charge in [-0.2, -0.15) is 0 Å². The summed E-state index contributed by atoms with van der Waals surface area (Å²) in [5, 5.41) is 11.4. The van der Waals surface area contributed by atoms with Crippen LogP contribution in [0.5, 0.6) is 0 Å². The molecule has 132 valence electrons. The molecule has 0 aromatic heterocycles. The summed E-state index contributed by atoms with van der Waals surface area (Å²) < 4.78 is 27.6. The molecule has 0 aliphatic rings. The molecule has 1 amide bonds. The molecular weight excluding hydrogens is 338 g/mol. The van der Waals surface area contributed by atoms with E-state index in [1.165, 1.54) is 31.2 Å². The largest absolute Gasteiger partial charge is 0.480 e. The second-order valence-electron chi connectivity index (χ2n) is 4.93. The lowest BCUT2D eigenvalue weighted by Gasteiger charge is -2.15. The average molecular weight is 357 g/mol. The minimum atomic E-state index is -3.36. The summed E-state index contributed by atoms with van der Waals surface area (Å²) in [6, 6.07) is 4.38. The molecule has 0 aliphatic carbocycles. The van der Waals surface area contributed by atoms with Gasteiger partial charge in [-0.05, 0) is 18.6 Å². The predicted molar refractivity (Wildman–Crippen MR) is 85.6 cm³/mol. The Balaban J connectivity index is 2.94. The first-order valence-electron chi connectivity index (χ1n) is 7.13. The zero-order chi connectivity index (χ0) is 18.3. The lowest BCUT2D eigenvalue weighted by atomic mass is 10.1. The van der Waals surface area contributed by atoms with Crippen LogP contribution in [0.2, 0.25) is 0 Å². The Hall–Kier alpha value is -2.42. The molecule has 9 heteroatoms. The number of benzene rings is 1. The number of aliphatic carboxylic acids is 1. The van der Waals surface area contributed by atoms with Gasteiger partial charge in [0.15, 0.2) is 0 Å². The smallest absolute Gasteiger partial charge is 0.338 e. The van der Waals surface area contributed by atoms with Gasteiger partial charge in [-0.3, -0.25) is 4.79 Å².